The highest BCUT2D eigenvalue weighted by molar-refractivity contribution is 7.89. The van der Waals surface area contributed by atoms with E-state index in [-0.39, 0.29) is 0 Å². The highest BCUT2D eigenvalue weighted by Gasteiger charge is 2.35. The first-order valence-corrected chi connectivity index (χ1v) is 10.1. The van der Waals surface area contributed by atoms with Crippen LogP contribution in [0.4, 0.5) is 0 Å². The molecule has 2 heterocycles. The number of nitrogens with one attached hydrogen (secondary N) is 2. The molecule has 0 spiro atoms. The molecule has 6 heteroatoms. The molecule has 3 rings (SSSR count). The summed E-state index contributed by atoms with van der Waals surface area (Å²) in [6, 6.07) is 7.83. The smallest absolute Gasteiger partial charge is 0.243 e. The minimum atomic E-state index is -3.32. The lowest BCUT2D eigenvalue weighted by atomic mass is 10.0. The highest BCUT2D eigenvalue weighted by atomic mass is 32.2. The number of sulfonamides is 1. The molecule has 0 radical (unpaired) electrons. The van der Waals surface area contributed by atoms with Crippen LogP contribution in [0, 0.1) is 6.92 Å². The van der Waals surface area contributed by atoms with Crippen molar-refractivity contribution in [3.63, 3.8) is 0 Å². The minimum absolute atomic E-state index is 0.428. The lowest BCUT2D eigenvalue weighted by molar-refractivity contribution is -1.02. The summed E-state index contributed by atoms with van der Waals surface area (Å²) >= 11 is 0. The van der Waals surface area contributed by atoms with Crippen molar-refractivity contribution < 1.29 is 18.2 Å². The van der Waals surface area contributed by atoms with Crippen molar-refractivity contribution in [2.75, 3.05) is 46.3 Å². The van der Waals surface area contributed by atoms with Crippen LogP contribution in [-0.4, -0.2) is 65.1 Å². The summed E-state index contributed by atoms with van der Waals surface area (Å²) in [5.41, 5.74) is 1.09. The van der Waals surface area contributed by atoms with Crippen molar-refractivity contribution >= 4 is 10.0 Å². The van der Waals surface area contributed by atoms with Gasteiger partial charge in [-0.05, 0) is 19.1 Å². The number of hydrogen-bond donors (Lipinski definition) is 2. The first-order valence-electron chi connectivity index (χ1n) is 8.69. The summed E-state index contributed by atoms with van der Waals surface area (Å²) in [5, 5.41) is 0. The van der Waals surface area contributed by atoms with E-state index in [0.29, 0.717) is 24.0 Å². The molecule has 2 aliphatic heterocycles. The van der Waals surface area contributed by atoms with Gasteiger partial charge in [-0.2, -0.15) is 4.31 Å². The summed E-state index contributed by atoms with van der Waals surface area (Å²) in [4.78, 5) is 3.73. The molecule has 23 heavy (non-hydrogen) atoms. The molecule has 2 N–H and O–H groups in total. The van der Waals surface area contributed by atoms with Gasteiger partial charge in [0, 0.05) is 25.9 Å². The van der Waals surface area contributed by atoms with Crippen LogP contribution in [0.3, 0.4) is 0 Å². The van der Waals surface area contributed by atoms with Crippen molar-refractivity contribution in [2.24, 2.45) is 0 Å². The third-order valence-electron chi connectivity index (χ3n) is 5.44. The second kappa shape index (κ2) is 6.89. The maximum atomic E-state index is 12.7. The Morgan fingerprint density at radius 1 is 1.00 bits per heavy atom. The maximum absolute atomic E-state index is 12.7. The molecule has 1 aromatic rings. The molecular formula is C17H29N3O2S+2. The van der Waals surface area contributed by atoms with Gasteiger partial charge in [0.2, 0.25) is 10.0 Å². The fourth-order valence-corrected chi connectivity index (χ4v) is 5.24. The van der Waals surface area contributed by atoms with Gasteiger partial charge in [0.25, 0.3) is 0 Å². The number of likely N-dealkylation sites (N-methyl/N-ethyl adjacent to an activating group) is 1. The Labute approximate surface area is 139 Å². The molecule has 0 unspecified atom stereocenters. The average Bonchev–Trinajstić information content (AvgIpc) is 2.56. The van der Waals surface area contributed by atoms with Gasteiger partial charge in [0.1, 0.15) is 26.2 Å². The van der Waals surface area contributed by atoms with E-state index in [4.69, 9.17) is 0 Å². The second-order valence-electron chi connectivity index (χ2n) is 7.11. The number of aryl methyl sites for hydroxylation is 1. The Balaban J connectivity index is 1.61. The molecule has 5 nitrogen and oxygen atoms in total. The number of nitrogens with zero attached hydrogens (tertiary/aromatic N) is 1. The molecule has 2 saturated heterocycles. The van der Waals surface area contributed by atoms with Crippen molar-refractivity contribution in [3.8, 4) is 0 Å². The molecule has 2 aliphatic rings. The number of rotatable bonds is 3. The normalized spacial score (nSPS) is 27.9. The van der Waals surface area contributed by atoms with Gasteiger partial charge in [0.15, 0.2) is 0 Å². The zero-order chi connectivity index (χ0) is 16.4. The Kier molecular flexibility index (Phi) is 5.06. The summed E-state index contributed by atoms with van der Waals surface area (Å²) in [5.74, 6) is 0. The number of benzene rings is 1. The second-order valence-corrected chi connectivity index (χ2v) is 9.04. The molecule has 0 amide bonds. The van der Waals surface area contributed by atoms with E-state index < -0.39 is 10.0 Å². The fourth-order valence-electron chi connectivity index (χ4n) is 3.77. The van der Waals surface area contributed by atoms with E-state index in [1.807, 2.05) is 19.1 Å². The van der Waals surface area contributed by atoms with Crippen LogP contribution in [0.25, 0.3) is 0 Å². The SMILES string of the molecule is Cc1ccc(S(=O)(=O)N2CCC([NH+]3CC[NH+](C)CC3)CC2)cc1. The molecule has 0 saturated carbocycles. The quantitative estimate of drug-likeness (QED) is 0.709. The molecule has 0 aromatic heterocycles. The molecule has 128 valence electrons. The van der Waals surface area contributed by atoms with Crippen LogP contribution in [0.1, 0.15) is 18.4 Å². The Morgan fingerprint density at radius 3 is 2.13 bits per heavy atom. The average molecular weight is 340 g/mol. The van der Waals surface area contributed by atoms with E-state index >= 15 is 0 Å². The standard InChI is InChI=1S/C17H27N3O2S/c1-15-3-5-17(6-4-15)23(21,22)20-9-7-16(8-10-20)19-13-11-18(2)12-14-19/h3-6,16H,7-14H2,1-2H3/p+2. The lowest BCUT2D eigenvalue weighted by Gasteiger charge is -2.37. The Bertz CT molecular complexity index is 614. The van der Waals surface area contributed by atoms with Gasteiger partial charge in [-0.25, -0.2) is 8.42 Å². The van der Waals surface area contributed by atoms with Crippen molar-refractivity contribution in [2.45, 2.75) is 30.7 Å². The summed E-state index contributed by atoms with van der Waals surface area (Å²) in [6.45, 7) is 8.21. The zero-order valence-electron chi connectivity index (χ0n) is 14.2. The van der Waals surface area contributed by atoms with Crippen LogP contribution in [-0.2, 0) is 10.0 Å². The van der Waals surface area contributed by atoms with Crippen LogP contribution in [0.5, 0.6) is 0 Å². The first-order chi connectivity index (χ1) is 11.0. The van der Waals surface area contributed by atoms with Crippen LogP contribution in [0.15, 0.2) is 29.2 Å². The summed E-state index contributed by atoms with van der Waals surface area (Å²) < 4.78 is 27.2. The van der Waals surface area contributed by atoms with E-state index in [2.05, 4.69) is 7.05 Å². The molecule has 0 aliphatic carbocycles. The predicted molar refractivity (Wildman–Crippen MR) is 90.3 cm³/mol. The first kappa shape index (κ1) is 16.9. The van der Waals surface area contributed by atoms with Gasteiger partial charge in [-0.3, -0.25) is 0 Å². The monoisotopic (exact) mass is 339 g/mol. The Morgan fingerprint density at radius 2 is 1.57 bits per heavy atom. The zero-order valence-corrected chi connectivity index (χ0v) is 15.0. The van der Waals surface area contributed by atoms with Crippen LogP contribution < -0.4 is 9.80 Å². The van der Waals surface area contributed by atoms with E-state index in [0.717, 1.165) is 18.4 Å². The summed E-state index contributed by atoms with van der Waals surface area (Å²) in [6.07, 6.45) is 1.97. The molecule has 0 atom stereocenters. The fraction of sp³-hybridized carbons (Fsp3) is 0.647. The van der Waals surface area contributed by atoms with Gasteiger partial charge >= 0.3 is 0 Å². The van der Waals surface area contributed by atoms with Gasteiger partial charge in [-0.15, -0.1) is 0 Å². The van der Waals surface area contributed by atoms with E-state index in [1.165, 1.54) is 26.2 Å². The number of piperidine rings is 1. The number of hydrogen-bond acceptors (Lipinski definition) is 2. The van der Waals surface area contributed by atoms with Crippen molar-refractivity contribution in [3.05, 3.63) is 29.8 Å². The van der Waals surface area contributed by atoms with Crippen LogP contribution >= 0.6 is 0 Å². The van der Waals surface area contributed by atoms with E-state index in [9.17, 15) is 8.42 Å². The predicted octanol–water partition coefficient (Wildman–Crippen LogP) is -1.44. The summed E-state index contributed by atoms with van der Waals surface area (Å²) in [7, 11) is -1.06. The van der Waals surface area contributed by atoms with Gasteiger partial charge in [0.05, 0.1) is 18.0 Å². The lowest BCUT2D eigenvalue weighted by Crippen LogP contribution is -3.28. The largest absolute Gasteiger partial charge is 0.328 e. The number of quaternary nitrogens is 2. The highest BCUT2D eigenvalue weighted by Crippen LogP contribution is 2.20. The third-order valence-corrected chi connectivity index (χ3v) is 7.35. The van der Waals surface area contributed by atoms with Gasteiger partial charge in [-0.1, -0.05) is 17.7 Å². The molecule has 2 fully saturated rings. The van der Waals surface area contributed by atoms with Crippen molar-refractivity contribution in [1.82, 2.24) is 4.31 Å². The molecule has 0 bridgehead atoms. The molecular weight excluding hydrogens is 310 g/mol. The van der Waals surface area contributed by atoms with Gasteiger partial charge < -0.3 is 9.80 Å². The maximum Gasteiger partial charge on any atom is 0.243 e. The van der Waals surface area contributed by atoms with Crippen molar-refractivity contribution in [1.29, 1.82) is 0 Å². The minimum Gasteiger partial charge on any atom is -0.328 e. The molecule has 1 aromatic carbocycles. The van der Waals surface area contributed by atoms with Crippen LogP contribution in [0.2, 0.25) is 0 Å². The topological polar surface area (TPSA) is 46.3 Å². The third kappa shape index (κ3) is 3.76. The van der Waals surface area contributed by atoms with E-state index in [1.54, 1.807) is 26.2 Å². The Hall–Kier alpha value is -0.950. The number of piperazine rings is 1.